The summed E-state index contributed by atoms with van der Waals surface area (Å²) in [5.41, 5.74) is 11.0. The third-order valence-electron chi connectivity index (χ3n) is 9.01. The van der Waals surface area contributed by atoms with Gasteiger partial charge < -0.3 is 4.57 Å². The van der Waals surface area contributed by atoms with Gasteiger partial charge in [0, 0.05) is 42.2 Å². The molecular weight excluding hydrogens is 575 g/mol. The standard InChI is InChI=1S/C44H29NS/c1-4-14-30(15-5-1)28-40(31-16-6-2-7-17-31)39-24-13-23-38-37-22-12-21-34(43(37)46-44(38)39)32-26-27-36-35-20-10-11-25-41(35)45(42(36)29-32)33-18-8-3-9-19-33/h1-29H. The first-order valence-corrected chi connectivity index (χ1v) is 16.5. The molecule has 7 aromatic carbocycles. The lowest BCUT2D eigenvalue weighted by molar-refractivity contribution is 1.18. The van der Waals surface area contributed by atoms with Crippen LogP contribution in [0.3, 0.4) is 0 Å². The van der Waals surface area contributed by atoms with Gasteiger partial charge in [0.15, 0.2) is 0 Å². The normalized spacial score (nSPS) is 12.0. The van der Waals surface area contributed by atoms with E-state index in [1.165, 1.54) is 81.1 Å². The van der Waals surface area contributed by atoms with E-state index >= 15 is 0 Å². The zero-order valence-corrected chi connectivity index (χ0v) is 25.9. The summed E-state index contributed by atoms with van der Waals surface area (Å²) in [7, 11) is 0. The number of nitrogens with zero attached hydrogens (tertiary/aromatic N) is 1. The van der Waals surface area contributed by atoms with Gasteiger partial charge in [-0.25, -0.2) is 0 Å². The van der Waals surface area contributed by atoms with Crippen molar-refractivity contribution < 1.29 is 0 Å². The average Bonchev–Trinajstić information content (AvgIpc) is 3.68. The van der Waals surface area contributed by atoms with Gasteiger partial charge in [-0.05, 0) is 58.2 Å². The van der Waals surface area contributed by atoms with E-state index in [1.54, 1.807) is 0 Å². The molecule has 0 unspecified atom stereocenters. The first-order chi connectivity index (χ1) is 22.8. The van der Waals surface area contributed by atoms with Gasteiger partial charge in [-0.15, -0.1) is 11.3 Å². The van der Waals surface area contributed by atoms with Crippen molar-refractivity contribution in [2.24, 2.45) is 0 Å². The Bertz CT molecular complexity index is 2550. The summed E-state index contributed by atoms with van der Waals surface area (Å²) in [5.74, 6) is 0. The number of rotatable bonds is 5. The molecule has 46 heavy (non-hydrogen) atoms. The molecule has 0 atom stereocenters. The SMILES string of the molecule is C(=C(c1ccccc1)c1cccc2c1sc1c(-c3ccc4c5ccccc5n(-c5ccccc5)c4c3)cccc12)c1ccccc1. The van der Waals surface area contributed by atoms with Crippen molar-refractivity contribution in [2.45, 2.75) is 0 Å². The highest BCUT2D eigenvalue weighted by Crippen LogP contribution is 2.45. The molecule has 0 aliphatic heterocycles. The Hall–Kier alpha value is -5.70. The summed E-state index contributed by atoms with van der Waals surface area (Å²) < 4.78 is 5.03. The van der Waals surface area contributed by atoms with Gasteiger partial charge in [0.05, 0.1) is 11.0 Å². The lowest BCUT2D eigenvalue weighted by Gasteiger charge is -2.10. The number of hydrogen-bond acceptors (Lipinski definition) is 1. The Kier molecular flexibility index (Phi) is 6.40. The van der Waals surface area contributed by atoms with E-state index in [0.29, 0.717) is 0 Å². The van der Waals surface area contributed by atoms with Crippen molar-refractivity contribution in [1.29, 1.82) is 0 Å². The lowest BCUT2D eigenvalue weighted by atomic mass is 9.94. The molecule has 0 N–H and O–H groups in total. The van der Waals surface area contributed by atoms with Crippen molar-refractivity contribution >= 4 is 65.0 Å². The fourth-order valence-electron chi connectivity index (χ4n) is 6.90. The zero-order chi connectivity index (χ0) is 30.5. The second-order valence-electron chi connectivity index (χ2n) is 11.7. The summed E-state index contributed by atoms with van der Waals surface area (Å²) in [6.07, 6.45) is 2.33. The maximum Gasteiger partial charge on any atom is 0.0547 e. The lowest BCUT2D eigenvalue weighted by Crippen LogP contribution is -1.93. The van der Waals surface area contributed by atoms with Crippen LogP contribution >= 0.6 is 11.3 Å². The van der Waals surface area contributed by atoms with Gasteiger partial charge in [-0.3, -0.25) is 0 Å². The number of hydrogen-bond donors (Lipinski definition) is 0. The van der Waals surface area contributed by atoms with Gasteiger partial charge >= 0.3 is 0 Å². The van der Waals surface area contributed by atoms with Gasteiger partial charge in [-0.1, -0.05) is 146 Å². The monoisotopic (exact) mass is 603 g/mol. The van der Waals surface area contributed by atoms with Crippen LogP contribution in [-0.2, 0) is 0 Å². The van der Waals surface area contributed by atoms with Crippen LogP contribution in [0.4, 0.5) is 0 Å². The smallest absolute Gasteiger partial charge is 0.0547 e. The molecule has 0 aliphatic rings. The predicted octanol–water partition coefficient (Wildman–Crippen LogP) is 12.4. The molecule has 1 nitrogen and oxygen atoms in total. The average molecular weight is 604 g/mol. The van der Waals surface area contributed by atoms with Crippen LogP contribution in [0.1, 0.15) is 16.7 Å². The van der Waals surface area contributed by atoms with Crippen LogP contribution in [0.5, 0.6) is 0 Å². The molecular formula is C44H29NS. The first-order valence-electron chi connectivity index (χ1n) is 15.7. The predicted molar refractivity (Wildman–Crippen MR) is 199 cm³/mol. The molecule has 0 saturated carbocycles. The minimum Gasteiger partial charge on any atom is -0.309 e. The quantitative estimate of drug-likeness (QED) is 0.172. The fraction of sp³-hybridized carbons (Fsp3) is 0. The van der Waals surface area contributed by atoms with E-state index in [1.807, 2.05) is 11.3 Å². The molecule has 0 amide bonds. The van der Waals surface area contributed by atoms with Crippen LogP contribution in [0.25, 0.3) is 70.4 Å². The molecule has 0 fully saturated rings. The Balaban J connectivity index is 1.28. The molecule has 0 spiro atoms. The highest BCUT2D eigenvalue weighted by atomic mass is 32.1. The van der Waals surface area contributed by atoms with Crippen molar-refractivity contribution in [2.75, 3.05) is 0 Å². The topological polar surface area (TPSA) is 4.93 Å². The van der Waals surface area contributed by atoms with Crippen molar-refractivity contribution in [3.05, 3.63) is 187 Å². The molecule has 0 saturated heterocycles. The second kappa shape index (κ2) is 11.0. The molecule has 0 bridgehead atoms. The number of para-hydroxylation sites is 2. The van der Waals surface area contributed by atoms with Gasteiger partial charge in [-0.2, -0.15) is 0 Å². The summed E-state index contributed by atoms with van der Waals surface area (Å²) in [6.45, 7) is 0. The first kappa shape index (κ1) is 26.7. The number of thiophene rings is 1. The number of fused-ring (bicyclic) bond motifs is 6. The Morgan fingerprint density at radius 1 is 0.478 bits per heavy atom. The summed E-state index contributed by atoms with van der Waals surface area (Å²) in [6, 6.07) is 61.4. The van der Waals surface area contributed by atoms with E-state index in [0.717, 1.165) is 0 Å². The van der Waals surface area contributed by atoms with Crippen LogP contribution < -0.4 is 0 Å². The maximum absolute atomic E-state index is 2.40. The Morgan fingerprint density at radius 3 is 1.91 bits per heavy atom. The van der Waals surface area contributed by atoms with Crippen molar-refractivity contribution in [3.63, 3.8) is 0 Å². The molecule has 216 valence electrons. The van der Waals surface area contributed by atoms with Crippen LogP contribution in [0.15, 0.2) is 170 Å². The fourth-order valence-corrected chi connectivity index (χ4v) is 8.27. The van der Waals surface area contributed by atoms with Crippen LogP contribution in [0.2, 0.25) is 0 Å². The maximum atomic E-state index is 2.40. The highest BCUT2D eigenvalue weighted by Gasteiger charge is 2.18. The summed E-state index contributed by atoms with van der Waals surface area (Å²) in [4.78, 5) is 0. The van der Waals surface area contributed by atoms with Crippen molar-refractivity contribution in [1.82, 2.24) is 4.57 Å². The van der Waals surface area contributed by atoms with E-state index < -0.39 is 0 Å². The molecule has 0 radical (unpaired) electrons. The largest absolute Gasteiger partial charge is 0.309 e. The van der Waals surface area contributed by atoms with Crippen molar-refractivity contribution in [3.8, 4) is 16.8 Å². The van der Waals surface area contributed by atoms with E-state index in [2.05, 4.69) is 181 Å². The van der Waals surface area contributed by atoms with Crippen LogP contribution in [-0.4, -0.2) is 4.57 Å². The third-order valence-corrected chi connectivity index (χ3v) is 10.3. The molecule has 2 heterocycles. The third kappa shape index (κ3) is 4.38. The summed E-state index contributed by atoms with van der Waals surface area (Å²) in [5, 5.41) is 5.15. The Morgan fingerprint density at radius 2 is 1.11 bits per heavy atom. The molecule has 9 rings (SSSR count). The van der Waals surface area contributed by atoms with E-state index in [-0.39, 0.29) is 0 Å². The second-order valence-corrected chi connectivity index (χ2v) is 12.7. The summed E-state index contributed by atoms with van der Waals surface area (Å²) >= 11 is 1.91. The molecule has 9 aromatic rings. The van der Waals surface area contributed by atoms with Gasteiger partial charge in [0.2, 0.25) is 0 Å². The molecule has 2 heteroatoms. The van der Waals surface area contributed by atoms with Gasteiger partial charge in [0.1, 0.15) is 0 Å². The molecule has 0 aliphatic carbocycles. The minimum atomic E-state index is 1.18. The van der Waals surface area contributed by atoms with Gasteiger partial charge in [0.25, 0.3) is 0 Å². The van der Waals surface area contributed by atoms with Crippen LogP contribution in [0, 0.1) is 0 Å². The highest BCUT2D eigenvalue weighted by molar-refractivity contribution is 7.26. The minimum absolute atomic E-state index is 1.18. The number of aromatic nitrogens is 1. The zero-order valence-electron chi connectivity index (χ0n) is 25.1. The number of benzene rings is 7. The van der Waals surface area contributed by atoms with E-state index in [4.69, 9.17) is 0 Å². The Labute approximate surface area is 271 Å². The molecule has 2 aromatic heterocycles. The van der Waals surface area contributed by atoms with E-state index in [9.17, 15) is 0 Å².